The maximum atomic E-state index is 2.89. The van der Waals surface area contributed by atoms with Crippen LogP contribution in [0.2, 0.25) is 0 Å². The Labute approximate surface area is 38.0 Å². The lowest BCUT2D eigenvalue weighted by Crippen LogP contribution is -2.10. The zero-order valence-electron chi connectivity index (χ0n) is 3.39. The number of nitrogens with one attached hydrogen (secondary N) is 1. The van der Waals surface area contributed by atoms with Crippen LogP contribution >= 0.6 is 0 Å². The predicted octanol–water partition coefficient (Wildman–Crippen LogP) is 0.236. The molecule has 0 spiro atoms. The van der Waals surface area contributed by atoms with Crippen molar-refractivity contribution in [3.8, 4) is 0 Å². The van der Waals surface area contributed by atoms with Gasteiger partial charge in [-0.25, -0.2) is 0 Å². The van der Waals surface area contributed by atoms with E-state index in [0.717, 1.165) is 0 Å². The summed E-state index contributed by atoms with van der Waals surface area (Å²) in [6.07, 6.45) is 5.79. The fourth-order valence-corrected chi connectivity index (χ4v) is 0.342. The summed E-state index contributed by atoms with van der Waals surface area (Å²) in [5.41, 5.74) is 0. The van der Waals surface area contributed by atoms with Crippen LogP contribution in [0.5, 0.6) is 0 Å². The first-order valence-electron chi connectivity index (χ1n) is 1.91. The molecule has 1 nitrogen and oxygen atoms in total. The van der Waals surface area contributed by atoms with E-state index in [1.54, 1.807) is 0 Å². The van der Waals surface area contributed by atoms with Crippen LogP contribution in [-0.2, 0) is 0 Å². The van der Waals surface area contributed by atoms with Gasteiger partial charge in [0, 0.05) is 0 Å². The smallest absolute Gasteiger partial charge is 0.273 e. The van der Waals surface area contributed by atoms with E-state index in [0.29, 0.717) is 0 Å². The molecule has 6 heavy (non-hydrogen) atoms. The molecule has 0 aromatic carbocycles. The van der Waals surface area contributed by atoms with E-state index < -0.39 is 0 Å². The number of hydrogen-bond acceptors (Lipinski definition) is 1. The van der Waals surface area contributed by atoms with Crippen LogP contribution in [0, 0.1) is 0 Å². The second-order valence-electron chi connectivity index (χ2n) is 1.08. The molecule has 0 unspecified atom stereocenters. The zero-order valence-corrected chi connectivity index (χ0v) is 3.39. The normalized spacial score (nSPS) is 16.0. The zero-order chi connectivity index (χ0) is 4.24. The highest BCUT2D eigenvalue weighted by atomic mass is 14.7. The molecule has 1 heterocycles. The van der Waals surface area contributed by atoms with Crippen LogP contribution in [0.3, 0.4) is 0 Å². The van der Waals surface area contributed by atoms with E-state index in [4.69, 9.17) is 0 Å². The SMILES string of the molecule is [B]1C=CC=CN1. The average Bonchev–Trinajstić information content (AvgIpc) is 1.72. The highest BCUT2D eigenvalue weighted by molar-refractivity contribution is 6.39. The summed E-state index contributed by atoms with van der Waals surface area (Å²) < 4.78 is 0. The fourth-order valence-electron chi connectivity index (χ4n) is 0.342. The van der Waals surface area contributed by atoms with Gasteiger partial charge in [-0.3, -0.25) is 0 Å². The topological polar surface area (TPSA) is 12.0 Å². The minimum absolute atomic E-state index is 1.88. The summed E-state index contributed by atoms with van der Waals surface area (Å²) in [6.45, 7) is 0. The second kappa shape index (κ2) is 1.70. The molecule has 0 aromatic heterocycles. The van der Waals surface area contributed by atoms with Gasteiger partial charge in [0.2, 0.25) is 0 Å². The van der Waals surface area contributed by atoms with E-state index in [9.17, 15) is 0 Å². The molecule has 29 valence electrons. The Bertz CT molecular complexity index is 73.5. The Kier molecular flexibility index (Phi) is 1.00. The van der Waals surface area contributed by atoms with Crippen LogP contribution in [0.4, 0.5) is 0 Å². The van der Waals surface area contributed by atoms with Crippen LogP contribution in [0.1, 0.15) is 0 Å². The molecule has 0 amide bonds. The van der Waals surface area contributed by atoms with Crippen LogP contribution < -0.4 is 5.23 Å². The van der Waals surface area contributed by atoms with Crippen molar-refractivity contribution in [1.29, 1.82) is 0 Å². The molecule has 0 atom stereocenters. The molecule has 0 bridgehead atoms. The highest BCUT2D eigenvalue weighted by Gasteiger charge is 1.78. The molecular formula is C4H5BN. The summed E-state index contributed by atoms with van der Waals surface area (Å²) in [6, 6.07) is 0. The second-order valence-corrected chi connectivity index (χ2v) is 1.08. The first-order chi connectivity index (χ1) is 3.00. The van der Waals surface area contributed by atoms with Gasteiger partial charge >= 0.3 is 0 Å². The monoisotopic (exact) mass is 78.1 g/mol. The third-order valence-corrected chi connectivity index (χ3v) is 0.607. The predicted molar refractivity (Wildman–Crippen MR) is 27.2 cm³/mol. The highest BCUT2D eigenvalue weighted by Crippen LogP contribution is 1.76. The molecule has 1 N–H and O–H groups in total. The van der Waals surface area contributed by atoms with Gasteiger partial charge in [0.25, 0.3) is 7.41 Å². The lowest BCUT2D eigenvalue weighted by molar-refractivity contribution is 1.35. The molecular weight excluding hydrogens is 72.9 g/mol. The van der Waals surface area contributed by atoms with Gasteiger partial charge in [-0.15, -0.1) is 0 Å². The molecule has 0 saturated carbocycles. The Morgan fingerprint density at radius 3 is 2.50 bits per heavy atom. The molecule has 1 aliphatic heterocycles. The molecule has 0 aromatic rings. The van der Waals surface area contributed by atoms with Gasteiger partial charge < -0.3 is 5.23 Å². The van der Waals surface area contributed by atoms with Crippen molar-refractivity contribution < 1.29 is 0 Å². The van der Waals surface area contributed by atoms with Crippen LogP contribution in [0.15, 0.2) is 24.3 Å². The van der Waals surface area contributed by atoms with Gasteiger partial charge in [-0.05, 0) is 12.3 Å². The minimum Gasteiger partial charge on any atom is -0.434 e. The van der Waals surface area contributed by atoms with Crippen molar-refractivity contribution in [3.05, 3.63) is 24.3 Å². The standard InChI is InChI=1S/C4H5BN/c1-2-4-6-5-3-1/h1-4,6H. The van der Waals surface area contributed by atoms with Crippen molar-refractivity contribution in [2.75, 3.05) is 0 Å². The van der Waals surface area contributed by atoms with Gasteiger partial charge in [-0.2, -0.15) is 0 Å². The fraction of sp³-hybridized carbons (Fsp3) is 0. The van der Waals surface area contributed by atoms with Crippen LogP contribution in [0.25, 0.3) is 0 Å². The Balaban J connectivity index is 2.46. The molecule has 0 fully saturated rings. The summed E-state index contributed by atoms with van der Waals surface area (Å²) in [5, 5.41) is 2.89. The third kappa shape index (κ3) is 0.644. The van der Waals surface area contributed by atoms with Gasteiger partial charge in [0.1, 0.15) is 0 Å². The van der Waals surface area contributed by atoms with Gasteiger partial charge in [0.15, 0.2) is 0 Å². The van der Waals surface area contributed by atoms with E-state index in [-0.39, 0.29) is 0 Å². The Morgan fingerprint density at radius 1 is 1.33 bits per heavy atom. The number of rotatable bonds is 0. The molecule has 0 aliphatic carbocycles. The molecule has 1 radical (unpaired) electrons. The van der Waals surface area contributed by atoms with E-state index in [1.165, 1.54) is 0 Å². The summed E-state index contributed by atoms with van der Waals surface area (Å²) in [5.74, 6) is 1.94. The van der Waals surface area contributed by atoms with Gasteiger partial charge in [0.05, 0.1) is 0 Å². The van der Waals surface area contributed by atoms with Crippen molar-refractivity contribution in [3.63, 3.8) is 0 Å². The van der Waals surface area contributed by atoms with E-state index in [1.807, 2.05) is 31.7 Å². The lowest BCUT2D eigenvalue weighted by atomic mass is 9.93. The van der Waals surface area contributed by atoms with E-state index >= 15 is 0 Å². The summed E-state index contributed by atoms with van der Waals surface area (Å²) in [7, 11) is 1.88. The van der Waals surface area contributed by atoms with E-state index in [2.05, 4.69) is 5.23 Å². The first kappa shape index (κ1) is 3.53. The number of allylic oxidation sites excluding steroid dienone is 2. The molecule has 2 heteroatoms. The Hall–Kier alpha value is -0.655. The van der Waals surface area contributed by atoms with Crippen molar-refractivity contribution in [2.24, 2.45) is 0 Å². The van der Waals surface area contributed by atoms with Crippen molar-refractivity contribution in [1.82, 2.24) is 5.23 Å². The molecule has 1 rings (SSSR count). The van der Waals surface area contributed by atoms with Crippen molar-refractivity contribution >= 4 is 7.41 Å². The van der Waals surface area contributed by atoms with Gasteiger partial charge in [-0.1, -0.05) is 12.1 Å². The Morgan fingerprint density at radius 2 is 2.33 bits per heavy atom. The molecule has 1 aliphatic rings. The quantitative estimate of drug-likeness (QED) is 0.409. The summed E-state index contributed by atoms with van der Waals surface area (Å²) >= 11 is 0. The molecule has 0 saturated heterocycles. The first-order valence-corrected chi connectivity index (χ1v) is 1.91. The van der Waals surface area contributed by atoms with Crippen LogP contribution in [-0.4, -0.2) is 7.41 Å². The maximum absolute atomic E-state index is 2.89. The average molecular weight is 77.9 g/mol. The largest absolute Gasteiger partial charge is 0.434 e. The summed E-state index contributed by atoms with van der Waals surface area (Å²) in [4.78, 5) is 0. The lowest BCUT2D eigenvalue weighted by Gasteiger charge is -1.91. The minimum atomic E-state index is 1.88. The maximum Gasteiger partial charge on any atom is 0.273 e. The third-order valence-electron chi connectivity index (χ3n) is 0.607. The number of hydrogen-bond donors (Lipinski definition) is 1. The van der Waals surface area contributed by atoms with Crippen molar-refractivity contribution in [2.45, 2.75) is 0 Å².